The van der Waals surface area contributed by atoms with Gasteiger partial charge in [-0.05, 0) is 40.3 Å². The van der Waals surface area contributed by atoms with Crippen LogP contribution in [0.25, 0.3) is 66.8 Å². The van der Waals surface area contributed by atoms with Crippen molar-refractivity contribution in [2.45, 2.75) is 27.2 Å². The number of hydrogen-bond acceptors (Lipinski definition) is 5. The molecule has 0 saturated carbocycles. The number of rotatable bonds is 5. The van der Waals surface area contributed by atoms with Crippen molar-refractivity contribution < 1.29 is 24.5 Å². The van der Waals surface area contributed by atoms with Gasteiger partial charge in [-0.1, -0.05) is 117 Å². The second kappa shape index (κ2) is 14.9. The van der Waals surface area contributed by atoms with Crippen LogP contribution in [0.15, 0.2) is 144 Å². The van der Waals surface area contributed by atoms with Gasteiger partial charge in [-0.25, -0.2) is 0 Å². The topological polar surface area (TPSA) is 64.7 Å². The average Bonchev–Trinajstić information content (AvgIpc) is 3.52. The fourth-order valence-corrected chi connectivity index (χ4v) is 5.74. The van der Waals surface area contributed by atoms with Gasteiger partial charge in [0.2, 0.25) is 0 Å². The minimum atomic E-state index is 0. The molecule has 0 amide bonds. The summed E-state index contributed by atoms with van der Waals surface area (Å²) < 4.78 is 6.51. The fraction of sp³-hybridized carbons (Fsp3) is 0.116. The molecule has 1 radical (unpaired) electrons. The first kappa shape index (κ1) is 33.6. The second-order valence-corrected chi connectivity index (χ2v) is 12.8. The molecule has 0 fully saturated rings. The maximum Gasteiger partial charge on any atom is 0.128 e. The van der Waals surface area contributed by atoms with Crippen molar-refractivity contribution >= 4 is 21.9 Å². The van der Waals surface area contributed by atoms with Crippen molar-refractivity contribution in [3.63, 3.8) is 0 Å². The molecular formula is C43H34IrN4O-2. The first-order chi connectivity index (χ1) is 23.4. The summed E-state index contributed by atoms with van der Waals surface area (Å²) in [5, 5.41) is 10.9. The Labute approximate surface area is 300 Å². The molecule has 0 saturated heterocycles. The normalized spacial score (nSPS) is 11.1. The zero-order valence-electron chi connectivity index (χ0n) is 27.5. The molecule has 5 aromatic carbocycles. The third-order valence-electron chi connectivity index (χ3n) is 7.96. The van der Waals surface area contributed by atoms with E-state index in [9.17, 15) is 0 Å². The molecule has 5 nitrogen and oxygen atoms in total. The molecule has 49 heavy (non-hydrogen) atoms. The fourth-order valence-electron chi connectivity index (χ4n) is 5.74. The maximum atomic E-state index is 6.51. The van der Waals surface area contributed by atoms with Gasteiger partial charge in [0.1, 0.15) is 11.4 Å². The van der Waals surface area contributed by atoms with Gasteiger partial charge in [0.15, 0.2) is 0 Å². The Morgan fingerprint density at radius 2 is 1.35 bits per heavy atom. The largest absolute Gasteiger partial charge is 0.500 e. The Hall–Kier alpha value is -5.29. The van der Waals surface area contributed by atoms with Crippen molar-refractivity contribution in [1.82, 2.24) is 20.2 Å². The van der Waals surface area contributed by atoms with E-state index in [4.69, 9.17) is 4.42 Å². The summed E-state index contributed by atoms with van der Waals surface area (Å²) in [4.78, 5) is 8.83. The Kier molecular flexibility index (Phi) is 10.2. The van der Waals surface area contributed by atoms with E-state index in [1.54, 1.807) is 6.20 Å². The SMILES string of the molecule is CC(C)(C)Cc1cnc(-c2[c-]ccc3c2oc2c(-c4ccc(-c5ccccc5)cc4)cccc23)nn1.[Ir].[c-]1ccccc1-c1ccccn1. The molecule has 3 aromatic heterocycles. The Balaban J connectivity index is 0.000000270. The standard InChI is InChI=1S/C32H26N3O.C11H8N.Ir/c1-32(2,3)19-24-20-33-31(35-34-24)28-14-8-13-27-26-12-7-11-25(29(26)36-30(27)28)23-17-15-22(16-18-23)21-9-5-4-6-10-21;1-2-6-10(7-3-1)11-8-4-5-9-12-11;/h4-13,15-18,20H,19H2,1-3H3;1-6,8-9H;/q2*-1;. The van der Waals surface area contributed by atoms with E-state index < -0.39 is 0 Å². The van der Waals surface area contributed by atoms with Gasteiger partial charge < -0.3 is 9.40 Å². The molecule has 0 aliphatic carbocycles. The third-order valence-corrected chi connectivity index (χ3v) is 7.96. The van der Waals surface area contributed by atoms with Crippen molar-refractivity contribution in [1.29, 1.82) is 0 Å². The van der Waals surface area contributed by atoms with Gasteiger partial charge in [-0.15, -0.1) is 54.1 Å². The van der Waals surface area contributed by atoms with E-state index >= 15 is 0 Å². The Morgan fingerprint density at radius 1 is 0.612 bits per heavy atom. The summed E-state index contributed by atoms with van der Waals surface area (Å²) in [6, 6.07) is 49.3. The summed E-state index contributed by atoms with van der Waals surface area (Å²) >= 11 is 0. The smallest absolute Gasteiger partial charge is 0.128 e. The Morgan fingerprint density at radius 3 is 2.04 bits per heavy atom. The number of benzene rings is 5. The molecule has 6 heteroatoms. The third kappa shape index (κ3) is 7.73. The van der Waals surface area contributed by atoms with E-state index in [0.717, 1.165) is 62.0 Å². The first-order valence-electron chi connectivity index (χ1n) is 16.0. The van der Waals surface area contributed by atoms with Crippen LogP contribution < -0.4 is 0 Å². The molecule has 0 atom stereocenters. The quantitative estimate of drug-likeness (QED) is 0.162. The van der Waals surface area contributed by atoms with E-state index in [2.05, 4.69) is 120 Å². The van der Waals surface area contributed by atoms with Gasteiger partial charge in [0.05, 0.1) is 11.3 Å². The molecule has 3 heterocycles. The maximum absolute atomic E-state index is 6.51. The molecule has 0 spiro atoms. The van der Waals surface area contributed by atoms with Crippen molar-refractivity contribution in [3.05, 3.63) is 158 Å². The number of fused-ring (bicyclic) bond motifs is 3. The van der Waals surface area contributed by atoms with Gasteiger partial charge >= 0.3 is 0 Å². The molecule has 0 unspecified atom stereocenters. The predicted molar refractivity (Wildman–Crippen MR) is 194 cm³/mol. The summed E-state index contributed by atoms with van der Waals surface area (Å²) in [6.45, 7) is 6.54. The van der Waals surface area contributed by atoms with Crippen molar-refractivity contribution in [3.8, 4) is 44.9 Å². The summed E-state index contributed by atoms with van der Waals surface area (Å²) in [6.07, 6.45) is 4.41. The van der Waals surface area contributed by atoms with E-state index in [1.165, 1.54) is 11.1 Å². The monoisotopic (exact) mass is 815 g/mol. The van der Waals surface area contributed by atoms with Crippen LogP contribution in [0.1, 0.15) is 26.5 Å². The van der Waals surface area contributed by atoms with Gasteiger partial charge in [0.25, 0.3) is 0 Å². The zero-order valence-corrected chi connectivity index (χ0v) is 29.9. The van der Waals surface area contributed by atoms with Crippen molar-refractivity contribution in [2.24, 2.45) is 5.41 Å². The van der Waals surface area contributed by atoms with Crippen LogP contribution >= 0.6 is 0 Å². The first-order valence-corrected chi connectivity index (χ1v) is 16.0. The van der Waals surface area contributed by atoms with E-state index in [0.29, 0.717) is 5.82 Å². The predicted octanol–water partition coefficient (Wildman–Crippen LogP) is 10.7. The van der Waals surface area contributed by atoms with E-state index in [-0.39, 0.29) is 25.5 Å². The number of hydrogen-bond donors (Lipinski definition) is 0. The van der Waals surface area contributed by atoms with Crippen LogP contribution in [0, 0.1) is 17.5 Å². The minimum absolute atomic E-state index is 0. The number of nitrogens with zero attached hydrogens (tertiary/aromatic N) is 4. The summed E-state index contributed by atoms with van der Waals surface area (Å²) in [7, 11) is 0. The molecule has 8 aromatic rings. The van der Waals surface area contributed by atoms with Gasteiger partial charge in [-0.2, -0.15) is 10.2 Å². The van der Waals surface area contributed by atoms with E-state index in [1.807, 2.05) is 66.9 Å². The number of aromatic nitrogens is 4. The summed E-state index contributed by atoms with van der Waals surface area (Å²) in [5.41, 5.74) is 9.86. The van der Waals surface area contributed by atoms with Crippen LogP contribution in [-0.2, 0) is 26.5 Å². The molecule has 0 N–H and O–H groups in total. The number of pyridine rings is 1. The molecule has 243 valence electrons. The van der Waals surface area contributed by atoms with Crippen LogP contribution in [0.3, 0.4) is 0 Å². The van der Waals surface area contributed by atoms with Crippen LogP contribution in [0.2, 0.25) is 0 Å². The zero-order chi connectivity index (χ0) is 32.9. The Bertz CT molecular complexity index is 2230. The molecule has 0 bridgehead atoms. The molecule has 0 aliphatic heterocycles. The second-order valence-electron chi connectivity index (χ2n) is 12.8. The van der Waals surface area contributed by atoms with Crippen LogP contribution in [-0.4, -0.2) is 20.2 Å². The molecular weight excluding hydrogens is 781 g/mol. The molecule has 0 aliphatic rings. The number of furan rings is 1. The van der Waals surface area contributed by atoms with Crippen LogP contribution in [0.5, 0.6) is 0 Å². The average molecular weight is 815 g/mol. The van der Waals surface area contributed by atoms with Crippen molar-refractivity contribution in [2.75, 3.05) is 0 Å². The molecule has 8 rings (SSSR count). The summed E-state index contributed by atoms with van der Waals surface area (Å²) in [5.74, 6) is 0.520. The van der Waals surface area contributed by atoms with Gasteiger partial charge in [-0.3, -0.25) is 4.98 Å². The van der Waals surface area contributed by atoms with Gasteiger partial charge in [0, 0.05) is 43.4 Å². The minimum Gasteiger partial charge on any atom is -0.500 e. The number of para-hydroxylation sites is 1. The van der Waals surface area contributed by atoms with Crippen LogP contribution in [0.4, 0.5) is 0 Å².